The van der Waals surface area contributed by atoms with E-state index in [1.807, 2.05) is 31.2 Å². The Hall–Kier alpha value is -1.62. The molecule has 0 bridgehead atoms. The molecule has 2 rings (SSSR count). The van der Waals surface area contributed by atoms with Crippen LogP contribution in [0.4, 0.5) is 5.82 Å². The number of aromatic nitrogens is 1. The minimum Gasteiger partial charge on any atom is -0.497 e. The summed E-state index contributed by atoms with van der Waals surface area (Å²) in [6, 6.07) is 7.82. The second-order valence-electron chi connectivity index (χ2n) is 4.44. The molecule has 0 aliphatic carbocycles. The van der Waals surface area contributed by atoms with Crippen LogP contribution in [-0.2, 0) is 10.8 Å². The molecule has 0 aliphatic rings. The molecule has 2 unspecified atom stereocenters. The third-order valence-electron chi connectivity index (χ3n) is 3.10. The van der Waals surface area contributed by atoms with Crippen LogP contribution in [0.25, 0.3) is 10.8 Å². The highest BCUT2D eigenvalue weighted by molar-refractivity contribution is 7.84. The number of hydrogen-bond acceptors (Lipinski definition) is 4. The zero-order chi connectivity index (χ0) is 13.8. The molecule has 102 valence electrons. The number of nitrogens with zero attached hydrogens (tertiary/aromatic N) is 1. The lowest BCUT2D eigenvalue weighted by Gasteiger charge is -2.12. The van der Waals surface area contributed by atoms with Crippen LogP contribution in [0, 0.1) is 0 Å². The van der Waals surface area contributed by atoms with Gasteiger partial charge in [0.2, 0.25) is 0 Å². The first-order valence-electron chi connectivity index (χ1n) is 6.10. The maximum Gasteiger partial charge on any atom is 0.133 e. The fraction of sp³-hybridized carbons (Fsp3) is 0.357. The number of pyridine rings is 1. The molecular weight excluding hydrogens is 260 g/mol. The zero-order valence-corrected chi connectivity index (χ0v) is 12.2. The van der Waals surface area contributed by atoms with Crippen molar-refractivity contribution in [2.75, 3.05) is 25.2 Å². The Balaban J connectivity index is 2.26. The molecule has 4 nitrogen and oxygen atoms in total. The van der Waals surface area contributed by atoms with Crippen LogP contribution < -0.4 is 10.1 Å². The van der Waals surface area contributed by atoms with E-state index in [9.17, 15) is 4.21 Å². The number of fused-ring (bicyclic) bond motifs is 1. The molecule has 1 aromatic heterocycles. The minimum atomic E-state index is -0.833. The topological polar surface area (TPSA) is 51.2 Å². The van der Waals surface area contributed by atoms with Crippen molar-refractivity contribution in [3.05, 3.63) is 30.5 Å². The summed E-state index contributed by atoms with van der Waals surface area (Å²) in [7, 11) is 0.819. The van der Waals surface area contributed by atoms with Crippen molar-refractivity contribution >= 4 is 27.4 Å². The predicted octanol–water partition coefficient (Wildman–Crippen LogP) is 2.42. The lowest BCUT2D eigenvalue weighted by molar-refractivity contribution is 0.415. The van der Waals surface area contributed by atoms with Crippen molar-refractivity contribution in [3.63, 3.8) is 0 Å². The van der Waals surface area contributed by atoms with Crippen LogP contribution >= 0.6 is 0 Å². The van der Waals surface area contributed by atoms with Crippen LogP contribution in [0.15, 0.2) is 30.5 Å². The first-order chi connectivity index (χ1) is 9.11. The average molecular weight is 278 g/mol. The molecule has 19 heavy (non-hydrogen) atoms. The first kappa shape index (κ1) is 13.8. The zero-order valence-electron chi connectivity index (χ0n) is 11.3. The highest BCUT2D eigenvalue weighted by Crippen LogP contribution is 2.25. The third-order valence-corrected chi connectivity index (χ3v) is 4.40. The SMILES string of the molecule is COc1ccc2c(NCC(C)S(C)=O)nccc2c1. The summed E-state index contributed by atoms with van der Waals surface area (Å²) < 4.78 is 16.6. The largest absolute Gasteiger partial charge is 0.497 e. The Morgan fingerprint density at radius 2 is 2.21 bits per heavy atom. The number of ether oxygens (including phenoxy) is 1. The fourth-order valence-electron chi connectivity index (χ4n) is 1.78. The van der Waals surface area contributed by atoms with Gasteiger partial charge < -0.3 is 10.1 Å². The molecule has 0 aliphatic heterocycles. The quantitative estimate of drug-likeness (QED) is 0.912. The van der Waals surface area contributed by atoms with Gasteiger partial charge in [-0.25, -0.2) is 4.98 Å². The second kappa shape index (κ2) is 6.02. The molecule has 1 N–H and O–H groups in total. The minimum absolute atomic E-state index is 0.0929. The molecule has 0 saturated heterocycles. The van der Waals surface area contributed by atoms with Crippen molar-refractivity contribution in [2.45, 2.75) is 12.2 Å². The van der Waals surface area contributed by atoms with Crippen molar-refractivity contribution in [2.24, 2.45) is 0 Å². The van der Waals surface area contributed by atoms with Crippen LogP contribution in [0.5, 0.6) is 5.75 Å². The van der Waals surface area contributed by atoms with Crippen LogP contribution in [-0.4, -0.2) is 34.4 Å². The Labute approximate surface area is 115 Å². The van der Waals surface area contributed by atoms with Crippen molar-refractivity contribution in [1.82, 2.24) is 4.98 Å². The van der Waals surface area contributed by atoms with Gasteiger partial charge in [-0.2, -0.15) is 0 Å². The third kappa shape index (κ3) is 3.23. The van der Waals surface area contributed by atoms with Crippen LogP contribution in [0.1, 0.15) is 6.92 Å². The van der Waals surface area contributed by atoms with Crippen molar-refractivity contribution in [1.29, 1.82) is 0 Å². The lowest BCUT2D eigenvalue weighted by Crippen LogP contribution is -2.21. The molecule has 1 aromatic carbocycles. The van der Waals surface area contributed by atoms with Gasteiger partial charge >= 0.3 is 0 Å². The molecule has 0 radical (unpaired) electrons. The summed E-state index contributed by atoms with van der Waals surface area (Å²) in [5.74, 6) is 1.64. The van der Waals surface area contributed by atoms with Gasteiger partial charge in [0.25, 0.3) is 0 Å². The smallest absolute Gasteiger partial charge is 0.133 e. The summed E-state index contributed by atoms with van der Waals surface area (Å²) in [6.45, 7) is 2.60. The predicted molar refractivity (Wildman–Crippen MR) is 80.3 cm³/mol. The highest BCUT2D eigenvalue weighted by Gasteiger charge is 2.08. The Morgan fingerprint density at radius 1 is 1.42 bits per heavy atom. The fourth-order valence-corrected chi connectivity index (χ4v) is 2.10. The molecule has 2 aromatic rings. The van der Waals surface area contributed by atoms with Crippen LogP contribution in [0.2, 0.25) is 0 Å². The monoisotopic (exact) mass is 278 g/mol. The van der Waals surface area contributed by atoms with E-state index >= 15 is 0 Å². The van der Waals surface area contributed by atoms with Gasteiger partial charge in [0.1, 0.15) is 11.6 Å². The number of anilines is 1. The van der Waals surface area contributed by atoms with E-state index in [2.05, 4.69) is 10.3 Å². The highest BCUT2D eigenvalue weighted by atomic mass is 32.2. The molecule has 0 amide bonds. The van der Waals surface area contributed by atoms with E-state index in [1.165, 1.54) is 0 Å². The number of benzene rings is 1. The van der Waals surface area contributed by atoms with Crippen molar-refractivity contribution < 1.29 is 8.95 Å². The molecule has 0 spiro atoms. The summed E-state index contributed by atoms with van der Waals surface area (Å²) in [6.07, 6.45) is 3.48. The normalized spacial score (nSPS) is 14.1. The molecule has 5 heteroatoms. The van der Waals surface area contributed by atoms with Gasteiger partial charge in [0.15, 0.2) is 0 Å². The number of hydrogen-bond donors (Lipinski definition) is 1. The summed E-state index contributed by atoms with van der Waals surface area (Å²) >= 11 is 0. The van der Waals surface area contributed by atoms with Gasteiger partial charge in [-0.3, -0.25) is 4.21 Å². The van der Waals surface area contributed by atoms with Gasteiger partial charge in [-0.1, -0.05) is 0 Å². The van der Waals surface area contributed by atoms with Gasteiger partial charge in [-0.15, -0.1) is 0 Å². The standard InChI is InChI=1S/C14H18N2O2S/c1-10(19(3)17)9-16-14-13-5-4-12(18-2)8-11(13)6-7-15-14/h4-8,10H,9H2,1-3H3,(H,15,16). The Kier molecular flexibility index (Phi) is 4.37. The lowest BCUT2D eigenvalue weighted by atomic mass is 10.1. The van der Waals surface area contributed by atoms with Gasteiger partial charge in [0, 0.05) is 40.4 Å². The molecule has 0 fully saturated rings. The van der Waals surface area contributed by atoms with E-state index < -0.39 is 10.8 Å². The van der Waals surface area contributed by atoms with E-state index in [0.717, 1.165) is 22.3 Å². The van der Waals surface area contributed by atoms with E-state index in [1.54, 1.807) is 19.6 Å². The number of rotatable bonds is 5. The molecule has 0 saturated carbocycles. The maximum absolute atomic E-state index is 11.3. The average Bonchev–Trinajstić information content (AvgIpc) is 2.43. The molecular formula is C14H18N2O2S. The summed E-state index contributed by atoms with van der Waals surface area (Å²) in [5.41, 5.74) is 0. The van der Waals surface area contributed by atoms with E-state index in [4.69, 9.17) is 4.74 Å². The van der Waals surface area contributed by atoms with Gasteiger partial charge in [0.05, 0.1) is 7.11 Å². The van der Waals surface area contributed by atoms with Crippen molar-refractivity contribution in [3.8, 4) is 5.75 Å². The first-order valence-corrected chi connectivity index (χ1v) is 7.73. The Morgan fingerprint density at radius 3 is 2.89 bits per heavy atom. The van der Waals surface area contributed by atoms with E-state index in [0.29, 0.717) is 6.54 Å². The maximum atomic E-state index is 11.3. The molecule has 1 heterocycles. The summed E-state index contributed by atoms with van der Waals surface area (Å²) in [4.78, 5) is 4.34. The summed E-state index contributed by atoms with van der Waals surface area (Å²) in [5, 5.41) is 5.46. The van der Waals surface area contributed by atoms with Gasteiger partial charge in [-0.05, 0) is 36.6 Å². The Bertz CT molecular complexity index is 601. The number of nitrogens with one attached hydrogen (secondary N) is 1. The number of methoxy groups -OCH3 is 1. The van der Waals surface area contributed by atoms with Crippen LogP contribution in [0.3, 0.4) is 0 Å². The van der Waals surface area contributed by atoms with E-state index in [-0.39, 0.29) is 5.25 Å². The molecule has 2 atom stereocenters. The second-order valence-corrected chi connectivity index (χ2v) is 6.24.